The van der Waals surface area contributed by atoms with Crippen molar-refractivity contribution >= 4 is 39.2 Å². The summed E-state index contributed by atoms with van der Waals surface area (Å²) in [6, 6.07) is 13.5. The van der Waals surface area contributed by atoms with Crippen molar-refractivity contribution in [2.24, 2.45) is 5.73 Å². The fraction of sp³-hybridized carbons (Fsp3) is 0.200. The zero-order chi connectivity index (χ0) is 26.3. The highest BCUT2D eigenvalue weighted by Crippen LogP contribution is 2.52. The largest absolute Gasteiger partial charge is 0.497 e. The first kappa shape index (κ1) is 25.5. The number of hydrogen-bond acceptors (Lipinski definition) is 7. The standard InChI is InChI=1S/C25H23ClN2O7S/c1-4-35-20-8-6-5-7-17(20)23-18-13-15(26)9-11-19(18)28(24(23)29,25(27)30)36(31,32)22-12-10-16(33-2)14-21(22)34-3/h5-14,23H,4H2,1-3H3,(H-,27,30)/p+1. The Morgan fingerprint density at radius 2 is 1.72 bits per heavy atom. The number of ether oxygens (including phenoxy) is 3. The summed E-state index contributed by atoms with van der Waals surface area (Å²) in [4.78, 5) is 27.0. The fourth-order valence-electron chi connectivity index (χ4n) is 4.51. The van der Waals surface area contributed by atoms with Gasteiger partial charge >= 0.3 is 22.0 Å². The third-order valence-corrected chi connectivity index (χ3v) is 8.45. The molecule has 3 aromatic rings. The van der Waals surface area contributed by atoms with E-state index in [1.807, 2.05) is 0 Å². The van der Waals surface area contributed by atoms with Gasteiger partial charge in [-0.15, -0.1) is 0 Å². The van der Waals surface area contributed by atoms with Crippen LogP contribution in [0.15, 0.2) is 65.6 Å². The van der Waals surface area contributed by atoms with Gasteiger partial charge in [-0.2, -0.15) is 8.42 Å². The van der Waals surface area contributed by atoms with E-state index in [9.17, 15) is 18.0 Å². The maximum Gasteiger partial charge on any atom is 0.442 e. The molecular formula is C25H24ClN2O7S+. The summed E-state index contributed by atoms with van der Waals surface area (Å²) < 4.78 is 43.0. The van der Waals surface area contributed by atoms with Crippen molar-refractivity contribution in [1.82, 2.24) is 3.89 Å². The predicted molar refractivity (Wildman–Crippen MR) is 134 cm³/mol. The first-order valence-corrected chi connectivity index (χ1v) is 12.7. The second kappa shape index (κ2) is 9.45. The Hall–Kier alpha value is -3.60. The van der Waals surface area contributed by atoms with Crippen LogP contribution >= 0.6 is 11.6 Å². The van der Waals surface area contributed by atoms with Crippen LogP contribution in [0.3, 0.4) is 0 Å². The molecule has 3 amide bonds. The second-order valence-electron chi connectivity index (χ2n) is 7.88. The molecule has 2 unspecified atom stereocenters. The Labute approximate surface area is 213 Å². The SMILES string of the molecule is CCOc1ccccc1C1C(=O)[N+](C(N)=O)(S(=O)(=O)c2ccc(OC)cc2OC)c2ccc(Cl)cc21. The van der Waals surface area contributed by atoms with E-state index in [4.69, 9.17) is 31.5 Å². The van der Waals surface area contributed by atoms with Crippen molar-refractivity contribution in [2.45, 2.75) is 17.7 Å². The molecular weight excluding hydrogens is 508 g/mol. The molecule has 3 aromatic carbocycles. The molecule has 0 spiro atoms. The van der Waals surface area contributed by atoms with Gasteiger partial charge in [0.1, 0.15) is 23.2 Å². The van der Waals surface area contributed by atoms with Gasteiger partial charge in [0.2, 0.25) is 0 Å². The number of nitrogens with two attached hydrogens (primary N) is 1. The highest BCUT2D eigenvalue weighted by atomic mass is 35.5. The van der Waals surface area contributed by atoms with Crippen LogP contribution in [0, 0.1) is 0 Å². The normalized spacial score (nSPS) is 19.0. The third-order valence-electron chi connectivity index (χ3n) is 6.05. The number of fused-ring (bicyclic) bond motifs is 1. The lowest BCUT2D eigenvalue weighted by Gasteiger charge is -2.27. The molecule has 0 saturated carbocycles. The van der Waals surface area contributed by atoms with Crippen LogP contribution in [-0.2, 0) is 14.8 Å². The molecule has 2 atom stereocenters. The molecule has 0 saturated heterocycles. The number of quaternary nitrogens is 1. The molecule has 11 heteroatoms. The lowest BCUT2D eigenvalue weighted by atomic mass is 9.92. The molecule has 1 heterocycles. The Morgan fingerprint density at radius 1 is 1.00 bits per heavy atom. The number of rotatable bonds is 7. The predicted octanol–water partition coefficient (Wildman–Crippen LogP) is 4.20. The van der Waals surface area contributed by atoms with Crippen LogP contribution in [0.5, 0.6) is 17.2 Å². The summed E-state index contributed by atoms with van der Waals surface area (Å²) >= 11 is 6.26. The number of halogens is 1. The molecule has 1 aliphatic heterocycles. The van der Waals surface area contributed by atoms with E-state index in [1.165, 1.54) is 50.6 Å². The van der Waals surface area contributed by atoms with Crippen molar-refractivity contribution < 1.29 is 32.2 Å². The van der Waals surface area contributed by atoms with Gasteiger partial charge in [0, 0.05) is 28.3 Å². The Balaban J connectivity index is 2.07. The number of nitrogens with zero attached hydrogens (tertiary/aromatic N) is 1. The number of benzene rings is 3. The van der Waals surface area contributed by atoms with E-state index in [0.717, 1.165) is 0 Å². The smallest absolute Gasteiger partial charge is 0.442 e. The summed E-state index contributed by atoms with van der Waals surface area (Å²) in [5, 5.41) is 0.254. The zero-order valence-electron chi connectivity index (χ0n) is 19.7. The number of para-hydroxylation sites is 1. The molecule has 0 fully saturated rings. The molecule has 9 nitrogen and oxygen atoms in total. The van der Waals surface area contributed by atoms with Crippen LogP contribution in [0.4, 0.5) is 10.5 Å². The van der Waals surface area contributed by atoms with Crippen molar-refractivity contribution in [3.8, 4) is 17.2 Å². The maximum atomic E-state index is 14.3. The first-order valence-electron chi connectivity index (χ1n) is 10.9. The van der Waals surface area contributed by atoms with Gasteiger partial charge in [-0.05, 0) is 41.1 Å². The number of urea groups is 1. The summed E-state index contributed by atoms with van der Waals surface area (Å²) in [6.45, 7) is 2.08. The van der Waals surface area contributed by atoms with E-state index in [1.54, 1.807) is 31.2 Å². The van der Waals surface area contributed by atoms with Crippen LogP contribution in [0.2, 0.25) is 5.02 Å². The lowest BCUT2D eigenvalue weighted by molar-refractivity contribution is -0.123. The number of amides is 3. The minimum absolute atomic E-state index is 0.116. The fourth-order valence-corrected chi connectivity index (χ4v) is 6.63. The molecule has 0 bridgehead atoms. The number of carbonyl (C=O) groups is 2. The number of carbonyl (C=O) groups excluding carboxylic acids is 2. The van der Waals surface area contributed by atoms with E-state index in [-0.39, 0.29) is 22.0 Å². The van der Waals surface area contributed by atoms with Gasteiger partial charge in [0.15, 0.2) is 10.6 Å². The molecule has 2 N–H and O–H groups in total. The Bertz CT molecular complexity index is 1470. The third kappa shape index (κ3) is 3.60. The topological polar surface area (TPSA) is 122 Å². The average Bonchev–Trinajstić information content (AvgIpc) is 3.12. The highest BCUT2D eigenvalue weighted by molar-refractivity contribution is 7.92. The number of hydrogen-bond donors (Lipinski definition) is 1. The number of sulfonamides is 1. The number of imide groups is 1. The minimum Gasteiger partial charge on any atom is -0.497 e. The monoisotopic (exact) mass is 531 g/mol. The van der Waals surface area contributed by atoms with Gasteiger partial charge in [-0.3, -0.25) is 0 Å². The summed E-state index contributed by atoms with van der Waals surface area (Å²) in [5.41, 5.74) is 6.28. The maximum absolute atomic E-state index is 14.3. The van der Waals surface area contributed by atoms with Gasteiger partial charge in [0.25, 0.3) is 0 Å². The van der Waals surface area contributed by atoms with E-state index >= 15 is 0 Å². The molecule has 0 aromatic heterocycles. The van der Waals surface area contributed by atoms with Crippen molar-refractivity contribution in [3.05, 3.63) is 76.8 Å². The van der Waals surface area contributed by atoms with Crippen molar-refractivity contribution in [2.75, 3.05) is 20.8 Å². The minimum atomic E-state index is -4.86. The molecule has 0 aliphatic carbocycles. The first-order chi connectivity index (χ1) is 17.1. The van der Waals surface area contributed by atoms with Crippen molar-refractivity contribution in [1.29, 1.82) is 0 Å². The summed E-state index contributed by atoms with van der Waals surface area (Å²) in [7, 11) is -2.19. The Morgan fingerprint density at radius 3 is 2.36 bits per heavy atom. The average molecular weight is 532 g/mol. The van der Waals surface area contributed by atoms with Crippen LogP contribution in [0.25, 0.3) is 0 Å². The number of methoxy groups -OCH3 is 2. The van der Waals surface area contributed by atoms with E-state index in [2.05, 4.69) is 0 Å². The van der Waals surface area contributed by atoms with Gasteiger partial charge in [-0.1, -0.05) is 29.8 Å². The molecule has 36 heavy (non-hydrogen) atoms. The molecule has 0 radical (unpaired) electrons. The second-order valence-corrected chi connectivity index (χ2v) is 10.3. The van der Waals surface area contributed by atoms with Crippen LogP contribution in [0.1, 0.15) is 24.0 Å². The molecule has 188 valence electrons. The van der Waals surface area contributed by atoms with Crippen LogP contribution in [-0.4, -0.2) is 41.2 Å². The summed E-state index contributed by atoms with van der Waals surface area (Å²) in [6.07, 6.45) is 0. The lowest BCUT2D eigenvalue weighted by Crippen LogP contribution is -2.63. The Kier molecular flexibility index (Phi) is 6.70. The highest BCUT2D eigenvalue weighted by Gasteiger charge is 2.67. The van der Waals surface area contributed by atoms with Crippen molar-refractivity contribution in [3.63, 3.8) is 0 Å². The van der Waals surface area contributed by atoms with E-state index < -0.39 is 36.7 Å². The van der Waals surface area contributed by atoms with Gasteiger partial charge in [-0.25, -0.2) is 9.59 Å². The molecule has 1 aliphatic rings. The summed E-state index contributed by atoms with van der Waals surface area (Å²) in [5.74, 6) is -1.61. The number of primary amides is 1. The van der Waals surface area contributed by atoms with Gasteiger partial charge < -0.3 is 19.9 Å². The molecule has 4 rings (SSSR count). The van der Waals surface area contributed by atoms with Crippen LogP contribution < -0.4 is 23.8 Å². The zero-order valence-corrected chi connectivity index (χ0v) is 21.3. The quantitative estimate of drug-likeness (QED) is 0.453. The van der Waals surface area contributed by atoms with E-state index in [0.29, 0.717) is 23.7 Å². The van der Waals surface area contributed by atoms with Gasteiger partial charge in [0.05, 0.1) is 20.8 Å².